The summed E-state index contributed by atoms with van der Waals surface area (Å²) in [6.45, 7) is 10.4. The van der Waals surface area contributed by atoms with Crippen LogP contribution in [0.15, 0.2) is 24.5 Å². The van der Waals surface area contributed by atoms with Gasteiger partial charge in [0.1, 0.15) is 5.82 Å². The molecule has 2 aromatic rings. The molecule has 1 atom stereocenters. The monoisotopic (exact) mass is 342 g/mol. The van der Waals surface area contributed by atoms with Crippen LogP contribution in [0.5, 0.6) is 0 Å². The van der Waals surface area contributed by atoms with Crippen LogP contribution < -0.4 is 4.90 Å². The highest BCUT2D eigenvalue weighted by atomic mass is 16.5. The molecule has 0 aromatic carbocycles. The minimum Gasteiger partial charge on any atom is -0.382 e. The maximum Gasteiger partial charge on any atom is 0.163 e. The lowest BCUT2D eigenvalue weighted by Crippen LogP contribution is -2.54. The van der Waals surface area contributed by atoms with Crippen molar-refractivity contribution in [1.82, 2.24) is 15.0 Å². The van der Waals surface area contributed by atoms with Gasteiger partial charge in [-0.05, 0) is 39.8 Å². The van der Waals surface area contributed by atoms with Gasteiger partial charge >= 0.3 is 0 Å². The summed E-state index contributed by atoms with van der Waals surface area (Å²) < 4.78 is 11.4. The van der Waals surface area contributed by atoms with Crippen molar-refractivity contribution in [3.8, 4) is 11.4 Å². The molecule has 1 aliphatic rings. The SMILES string of the molecule is COC[C@H]1CN(c2nc(-c3cccnc3)nc(C)c2C)CC(C)(C)O1. The van der Waals surface area contributed by atoms with E-state index in [-0.39, 0.29) is 11.7 Å². The molecular formula is C19H26N4O2. The number of aryl methyl sites for hydroxylation is 1. The molecular weight excluding hydrogens is 316 g/mol. The lowest BCUT2D eigenvalue weighted by molar-refractivity contribution is -0.106. The van der Waals surface area contributed by atoms with Crippen molar-refractivity contribution < 1.29 is 9.47 Å². The van der Waals surface area contributed by atoms with E-state index in [2.05, 4.69) is 35.6 Å². The topological polar surface area (TPSA) is 60.4 Å². The van der Waals surface area contributed by atoms with Crippen molar-refractivity contribution in [2.75, 3.05) is 31.7 Å². The van der Waals surface area contributed by atoms with E-state index in [0.29, 0.717) is 12.4 Å². The second-order valence-corrected chi connectivity index (χ2v) is 7.16. The summed E-state index contributed by atoms with van der Waals surface area (Å²) in [5, 5.41) is 0. The minimum absolute atomic E-state index is 0.0188. The van der Waals surface area contributed by atoms with Gasteiger partial charge in [-0.15, -0.1) is 0 Å². The standard InChI is InChI=1S/C19H26N4O2/c1-13-14(2)21-17(15-7-6-8-20-9-15)22-18(13)23-10-16(11-24-5)25-19(3,4)12-23/h6-9,16H,10-12H2,1-5H3/t16-/m1/s1. The average molecular weight is 342 g/mol. The summed E-state index contributed by atoms with van der Waals surface area (Å²) in [7, 11) is 1.70. The zero-order chi connectivity index (χ0) is 18.0. The first-order chi connectivity index (χ1) is 11.9. The first kappa shape index (κ1) is 17.8. The Morgan fingerprint density at radius 1 is 1.32 bits per heavy atom. The van der Waals surface area contributed by atoms with Crippen LogP contribution in [0, 0.1) is 13.8 Å². The van der Waals surface area contributed by atoms with Crippen molar-refractivity contribution in [3.05, 3.63) is 35.8 Å². The van der Waals surface area contributed by atoms with Crippen LogP contribution >= 0.6 is 0 Å². The van der Waals surface area contributed by atoms with Crippen LogP contribution in [0.4, 0.5) is 5.82 Å². The zero-order valence-corrected chi connectivity index (χ0v) is 15.6. The second kappa shape index (κ2) is 7.06. The number of pyridine rings is 1. The van der Waals surface area contributed by atoms with Crippen LogP contribution in [0.1, 0.15) is 25.1 Å². The fourth-order valence-corrected chi connectivity index (χ4v) is 3.28. The van der Waals surface area contributed by atoms with E-state index in [4.69, 9.17) is 14.5 Å². The molecule has 1 aliphatic heterocycles. The number of hydrogen-bond donors (Lipinski definition) is 0. The van der Waals surface area contributed by atoms with Gasteiger partial charge in [-0.2, -0.15) is 0 Å². The third kappa shape index (κ3) is 3.96. The number of nitrogens with zero attached hydrogens (tertiary/aromatic N) is 4. The quantitative estimate of drug-likeness (QED) is 0.851. The summed E-state index contributed by atoms with van der Waals surface area (Å²) in [4.78, 5) is 16.0. The van der Waals surface area contributed by atoms with Gasteiger partial charge in [0, 0.05) is 49.4 Å². The van der Waals surface area contributed by atoms with Gasteiger partial charge in [0.25, 0.3) is 0 Å². The molecule has 0 aliphatic carbocycles. The third-order valence-electron chi connectivity index (χ3n) is 4.42. The van der Waals surface area contributed by atoms with Crippen LogP contribution in [0.25, 0.3) is 11.4 Å². The van der Waals surface area contributed by atoms with Crippen molar-refractivity contribution in [2.24, 2.45) is 0 Å². The van der Waals surface area contributed by atoms with Crippen molar-refractivity contribution in [3.63, 3.8) is 0 Å². The summed E-state index contributed by atoms with van der Waals surface area (Å²) in [6, 6.07) is 3.89. The molecule has 0 bridgehead atoms. The van der Waals surface area contributed by atoms with Crippen molar-refractivity contribution >= 4 is 5.82 Å². The molecule has 25 heavy (non-hydrogen) atoms. The summed E-state index contributed by atoms with van der Waals surface area (Å²) >= 11 is 0. The predicted octanol–water partition coefficient (Wildman–Crippen LogP) is 2.79. The molecule has 3 rings (SSSR count). The second-order valence-electron chi connectivity index (χ2n) is 7.16. The van der Waals surface area contributed by atoms with Crippen molar-refractivity contribution in [2.45, 2.75) is 39.4 Å². The molecule has 134 valence electrons. The lowest BCUT2D eigenvalue weighted by atomic mass is 10.0. The Morgan fingerprint density at radius 2 is 2.12 bits per heavy atom. The normalized spacial score (nSPS) is 19.9. The highest BCUT2D eigenvalue weighted by molar-refractivity contribution is 5.59. The largest absolute Gasteiger partial charge is 0.382 e. The van der Waals surface area contributed by atoms with Gasteiger partial charge in [0.05, 0.1) is 18.3 Å². The number of aromatic nitrogens is 3. The summed E-state index contributed by atoms with van der Waals surface area (Å²) in [6.07, 6.45) is 3.57. The minimum atomic E-state index is -0.263. The summed E-state index contributed by atoms with van der Waals surface area (Å²) in [5.74, 6) is 1.67. The number of methoxy groups -OCH3 is 1. The Kier molecular flexibility index (Phi) is 5.01. The van der Waals surface area contributed by atoms with Gasteiger partial charge in [0.15, 0.2) is 5.82 Å². The van der Waals surface area contributed by atoms with E-state index < -0.39 is 0 Å². The van der Waals surface area contributed by atoms with E-state index in [1.807, 2.05) is 19.1 Å². The van der Waals surface area contributed by atoms with E-state index in [1.54, 1.807) is 19.5 Å². The van der Waals surface area contributed by atoms with Gasteiger partial charge in [-0.3, -0.25) is 4.98 Å². The number of morpholine rings is 1. The highest BCUT2D eigenvalue weighted by Crippen LogP contribution is 2.29. The third-order valence-corrected chi connectivity index (χ3v) is 4.42. The van der Waals surface area contributed by atoms with Gasteiger partial charge < -0.3 is 14.4 Å². The number of hydrogen-bond acceptors (Lipinski definition) is 6. The van der Waals surface area contributed by atoms with Crippen molar-refractivity contribution in [1.29, 1.82) is 0 Å². The van der Waals surface area contributed by atoms with E-state index in [1.165, 1.54) is 0 Å². The van der Waals surface area contributed by atoms with E-state index in [0.717, 1.165) is 35.7 Å². The smallest absolute Gasteiger partial charge is 0.163 e. The molecule has 0 spiro atoms. The van der Waals surface area contributed by atoms with Crippen LogP contribution in [0.3, 0.4) is 0 Å². The zero-order valence-electron chi connectivity index (χ0n) is 15.6. The number of ether oxygens (including phenoxy) is 2. The average Bonchev–Trinajstić information content (AvgIpc) is 2.57. The Labute approximate surface area is 149 Å². The molecule has 0 saturated carbocycles. The fourth-order valence-electron chi connectivity index (χ4n) is 3.28. The predicted molar refractivity (Wildman–Crippen MR) is 97.8 cm³/mol. The molecule has 0 unspecified atom stereocenters. The molecule has 1 fully saturated rings. The first-order valence-corrected chi connectivity index (χ1v) is 8.57. The Hall–Kier alpha value is -2.05. The summed E-state index contributed by atoms with van der Waals surface area (Å²) in [5.41, 5.74) is 2.74. The molecule has 6 heteroatoms. The number of rotatable bonds is 4. The Bertz CT molecular complexity index is 734. The van der Waals surface area contributed by atoms with Crippen LogP contribution in [0.2, 0.25) is 0 Å². The number of anilines is 1. The molecule has 0 radical (unpaired) electrons. The molecule has 0 amide bonds. The first-order valence-electron chi connectivity index (χ1n) is 8.57. The Morgan fingerprint density at radius 3 is 2.80 bits per heavy atom. The van der Waals surface area contributed by atoms with Gasteiger partial charge in [-0.25, -0.2) is 9.97 Å². The molecule has 1 saturated heterocycles. The lowest BCUT2D eigenvalue weighted by Gasteiger charge is -2.43. The molecule has 2 aromatic heterocycles. The maximum absolute atomic E-state index is 6.13. The maximum atomic E-state index is 6.13. The highest BCUT2D eigenvalue weighted by Gasteiger charge is 2.35. The van der Waals surface area contributed by atoms with Crippen LogP contribution in [-0.4, -0.2) is 53.5 Å². The van der Waals surface area contributed by atoms with Gasteiger partial charge in [0.2, 0.25) is 0 Å². The molecule has 6 nitrogen and oxygen atoms in total. The fraction of sp³-hybridized carbons (Fsp3) is 0.526. The van der Waals surface area contributed by atoms with Gasteiger partial charge in [-0.1, -0.05) is 0 Å². The van der Waals surface area contributed by atoms with E-state index >= 15 is 0 Å². The van der Waals surface area contributed by atoms with Crippen LogP contribution in [-0.2, 0) is 9.47 Å². The Balaban J connectivity index is 1.99. The van der Waals surface area contributed by atoms with E-state index in [9.17, 15) is 0 Å². The molecule has 0 N–H and O–H groups in total. The molecule has 3 heterocycles.